The van der Waals surface area contributed by atoms with E-state index in [4.69, 9.17) is 16.6 Å². The molecule has 3 amide bonds. The number of amides is 3. The molecule has 0 radical (unpaired) electrons. The summed E-state index contributed by atoms with van der Waals surface area (Å²) in [7, 11) is 1.34. The topological polar surface area (TPSA) is 98.4 Å². The van der Waals surface area contributed by atoms with E-state index in [0.29, 0.717) is 40.6 Å². The number of carbonyl (C=O) groups is 3. The van der Waals surface area contributed by atoms with Crippen molar-refractivity contribution in [2.75, 3.05) is 23.8 Å². The Morgan fingerprint density at radius 2 is 1.83 bits per heavy atom. The van der Waals surface area contributed by atoms with Gasteiger partial charge in [-0.15, -0.1) is 0 Å². The second-order valence-corrected chi connectivity index (χ2v) is 10.6. The maximum atomic E-state index is 13.7. The van der Waals surface area contributed by atoms with Gasteiger partial charge in [-0.2, -0.15) is 13.2 Å². The van der Waals surface area contributed by atoms with E-state index >= 15 is 0 Å². The van der Waals surface area contributed by atoms with Gasteiger partial charge >= 0.3 is 6.18 Å². The molecule has 0 unspecified atom stereocenters. The Morgan fingerprint density at radius 3 is 2.55 bits per heavy atom. The van der Waals surface area contributed by atoms with E-state index < -0.39 is 29.1 Å². The lowest BCUT2D eigenvalue weighted by Crippen LogP contribution is -2.29. The van der Waals surface area contributed by atoms with E-state index in [-0.39, 0.29) is 28.7 Å². The molecule has 1 aliphatic heterocycles. The number of likely N-dealkylation sites (tertiary alicyclic amines) is 1. The van der Waals surface area contributed by atoms with Crippen molar-refractivity contribution in [3.8, 4) is 0 Å². The standard InChI is InChI=1S/C30H27ClF3N5O3/c1-16-22(31)10-6-11-23(16)36-28(41)20-14-18(38(3)29(42)19-8-4-5-9-21(19)30(32,33)34)15-24-26(20)37-27(35-24)25-12-7-13-39(25)17(2)40/h4-6,8-11,14-15,25H,7,12-13H2,1-3H3,(H,35,37)(H,36,41)/t25-/m0/s1. The van der Waals surface area contributed by atoms with Gasteiger partial charge in [0.05, 0.1) is 28.2 Å². The number of carbonyl (C=O) groups excluding carboxylic acids is 3. The number of imidazole rings is 1. The van der Waals surface area contributed by atoms with E-state index in [1.165, 1.54) is 32.2 Å². The zero-order valence-electron chi connectivity index (χ0n) is 23.0. The lowest BCUT2D eigenvalue weighted by molar-refractivity contribution is -0.138. The number of halogens is 4. The fourth-order valence-corrected chi connectivity index (χ4v) is 5.40. The largest absolute Gasteiger partial charge is 0.417 e. The summed E-state index contributed by atoms with van der Waals surface area (Å²) in [6, 6.07) is 12.2. The highest BCUT2D eigenvalue weighted by Gasteiger charge is 2.36. The highest BCUT2D eigenvalue weighted by Crippen LogP contribution is 2.36. The van der Waals surface area contributed by atoms with Crippen LogP contribution in [0.4, 0.5) is 24.5 Å². The molecule has 0 saturated carbocycles. The molecule has 0 bridgehead atoms. The predicted octanol–water partition coefficient (Wildman–Crippen LogP) is 6.76. The first kappa shape index (κ1) is 29.1. The third kappa shape index (κ3) is 5.44. The summed E-state index contributed by atoms with van der Waals surface area (Å²) in [4.78, 5) is 49.9. The van der Waals surface area contributed by atoms with Gasteiger partial charge in [0.25, 0.3) is 11.8 Å². The monoisotopic (exact) mass is 597 g/mol. The highest BCUT2D eigenvalue weighted by molar-refractivity contribution is 6.31. The second kappa shape index (κ2) is 11.1. The summed E-state index contributed by atoms with van der Waals surface area (Å²) in [6.07, 6.45) is -3.29. The van der Waals surface area contributed by atoms with Gasteiger partial charge in [-0.25, -0.2) is 4.98 Å². The molecule has 4 aromatic rings. The van der Waals surface area contributed by atoms with E-state index in [2.05, 4.69) is 10.3 Å². The molecular formula is C30H27ClF3N5O3. The number of alkyl halides is 3. The minimum absolute atomic E-state index is 0.0838. The van der Waals surface area contributed by atoms with Crippen molar-refractivity contribution in [1.82, 2.24) is 14.9 Å². The van der Waals surface area contributed by atoms with Crippen LogP contribution in [0.1, 0.15) is 63.5 Å². The number of nitrogens with zero attached hydrogens (tertiary/aromatic N) is 3. The van der Waals surface area contributed by atoms with Gasteiger partial charge in [0, 0.05) is 36.9 Å². The molecule has 218 valence electrons. The van der Waals surface area contributed by atoms with E-state index in [1.807, 2.05) is 0 Å². The minimum Gasteiger partial charge on any atom is -0.340 e. The molecule has 12 heteroatoms. The van der Waals surface area contributed by atoms with Crippen molar-refractivity contribution in [3.05, 3.63) is 87.7 Å². The molecule has 1 saturated heterocycles. The van der Waals surface area contributed by atoms with Crippen LogP contribution in [-0.4, -0.2) is 46.2 Å². The minimum atomic E-state index is -4.74. The summed E-state index contributed by atoms with van der Waals surface area (Å²) >= 11 is 6.23. The maximum absolute atomic E-state index is 13.7. The van der Waals surface area contributed by atoms with Crippen molar-refractivity contribution in [1.29, 1.82) is 0 Å². The number of nitrogens with one attached hydrogen (secondary N) is 2. The zero-order chi connectivity index (χ0) is 30.3. The van der Waals surface area contributed by atoms with Crippen molar-refractivity contribution in [2.45, 2.75) is 38.9 Å². The Kier molecular flexibility index (Phi) is 7.72. The zero-order valence-corrected chi connectivity index (χ0v) is 23.7. The molecule has 3 aromatic carbocycles. The van der Waals surface area contributed by atoms with Crippen LogP contribution in [0.3, 0.4) is 0 Å². The van der Waals surface area contributed by atoms with Crippen LogP contribution in [0.2, 0.25) is 5.02 Å². The van der Waals surface area contributed by atoms with E-state index in [0.717, 1.165) is 23.5 Å². The number of H-pyrrole nitrogens is 1. The number of aromatic amines is 1. The summed E-state index contributed by atoms with van der Waals surface area (Å²) in [5.41, 5.74) is 0.439. The number of aromatic nitrogens is 2. The Morgan fingerprint density at radius 1 is 1.10 bits per heavy atom. The Labute approximate surface area is 244 Å². The van der Waals surface area contributed by atoms with Crippen molar-refractivity contribution < 1.29 is 27.6 Å². The lowest BCUT2D eigenvalue weighted by atomic mass is 10.0. The molecule has 8 nitrogen and oxygen atoms in total. The quantitative estimate of drug-likeness (QED) is 0.266. The molecule has 42 heavy (non-hydrogen) atoms. The van der Waals surface area contributed by atoms with Crippen molar-refractivity contribution >= 4 is 51.7 Å². The predicted molar refractivity (Wildman–Crippen MR) is 154 cm³/mol. The molecule has 1 fully saturated rings. The van der Waals surface area contributed by atoms with Gasteiger partial charge < -0.3 is 20.1 Å². The maximum Gasteiger partial charge on any atom is 0.417 e. The third-order valence-electron chi connectivity index (χ3n) is 7.48. The molecule has 1 aliphatic rings. The fraction of sp³-hybridized carbons (Fsp3) is 0.267. The van der Waals surface area contributed by atoms with Gasteiger partial charge in [-0.3, -0.25) is 14.4 Å². The average Bonchev–Trinajstić information content (AvgIpc) is 3.61. The number of hydrogen-bond acceptors (Lipinski definition) is 4. The Bertz CT molecular complexity index is 1720. The van der Waals surface area contributed by atoms with Crippen LogP contribution in [-0.2, 0) is 11.0 Å². The number of hydrogen-bond donors (Lipinski definition) is 2. The highest BCUT2D eigenvalue weighted by atomic mass is 35.5. The first-order valence-corrected chi connectivity index (χ1v) is 13.6. The van der Waals surface area contributed by atoms with Gasteiger partial charge in [0.1, 0.15) is 11.3 Å². The molecular weight excluding hydrogens is 571 g/mol. The van der Waals surface area contributed by atoms with Gasteiger partial charge in [0.15, 0.2) is 0 Å². The Hall–Kier alpha value is -4.38. The number of rotatable bonds is 5. The third-order valence-corrected chi connectivity index (χ3v) is 7.89. The number of benzene rings is 3. The van der Waals surface area contributed by atoms with Crippen LogP contribution < -0.4 is 10.2 Å². The molecule has 2 N–H and O–H groups in total. The van der Waals surface area contributed by atoms with Gasteiger partial charge in [0.2, 0.25) is 5.91 Å². The second-order valence-electron chi connectivity index (χ2n) is 10.2. The van der Waals surface area contributed by atoms with E-state index in [1.54, 1.807) is 36.1 Å². The van der Waals surface area contributed by atoms with Crippen LogP contribution in [0.15, 0.2) is 54.6 Å². The SMILES string of the molecule is CC(=O)N1CCC[C@H]1c1nc2c(C(=O)Nc3cccc(Cl)c3C)cc(N(C)C(=O)c3ccccc3C(F)(F)F)cc2[nH]1. The summed E-state index contributed by atoms with van der Waals surface area (Å²) in [6.45, 7) is 3.79. The molecule has 0 aliphatic carbocycles. The average molecular weight is 598 g/mol. The summed E-state index contributed by atoms with van der Waals surface area (Å²) < 4.78 is 41.1. The van der Waals surface area contributed by atoms with Gasteiger partial charge in [-0.05, 0) is 61.7 Å². The van der Waals surface area contributed by atoms with Crippen molar-refractivity contribution in [3.63, 3.8) is 0 Å². The summed E-state index contributed by atoms with van der Waals surface area (Å²) in [5.74, 6) is -1.10. The van der Waals surface area contributed by atoms with Crippen LogP contribution in [0.5, 0.6) is 0 Å². The summed E-state index contributed by atoms with van der Waals surface area (Å²) in [5, 5.41) is 3.28. The molecule has 1 aromatic heterocycles. The van der Waals surface area contributed by atoms with Crippen molar-refractivity contribution in [2.24, 2.45) is 0 Å². The smallest absolute Gasteiger partial charge is 0.340 e. The Balaban J connectivity index is 1.61. The number of anilines is 2. The van der Waals surface area contributed by atoms with Crippen LogP contribution in [0.25, 0.3) is 11.0 Å². The first-order chi connectivity index (χ1) is 19.9. The van der Waals surface area contributed by atoms with E-state index in [9.17, 15) is 27.6 Å². The molecule has 0 spiro atoms. The lowest BCUT2D eigenvalue weighted by Gasteiger charge is -2.21. The molecule has 2 heterocycles. The first-order valence-electron chi connectivity index (χ1n) is 13.2. The molecule has 5 rings (SSSR count). The molecule has 1 atom stereocenters. The fourth-order valence-electron chi connectivity index (χ4n) is 5.22. The van der Waals surface area contributed by atoms with Crippen LogP contribution in [0, 0.1) is 6.92 Å². The van der Waals surface area contributed by atoms with Crippen LogP contribution >= 0.6 is 11.6 Å². The number of fused-ring (bicyclic) bond motifs is 1. The normalized spacial score (nSPS) is 15.2. The van der Waals surface area contributed by atoms with Gasteiger partial charge in [-0.1, -0.05) is 29.8 Å².